The first-order valence-corrected chi connectivity index (χ1v) is 11.2. The molecule has 0 atom stereocenters. The second-order valence-corrected chi connectivity index (χ2v) is 8.12. The number of aryl methyl sites for hydroxylation is 2. The highest BCUT2D eigenvalue weighted by molar-refractivity contribution is 5.90. The molecule has 1 aliphatic rings. The molecule has 4 rings (SSSR count). The lowest BCUT2D eigenvalue weighted by molar-refractivity contribution is 0.208. The molecule has 9 heteroatoms. The van der Waals surface area contributed by atoms with E-state index in [2.05, 4.69) is 44.6 Å². The van der Waals surface area contributed by atoms with Crippen LogP contribution in [-0.4, -0.2) is 61.3 Å². The fourth-order valence-electron chi connectivity index (χ4n) is 3.82. The van der Waals surface area contributed by atoms with Gasteiger partial charge in [-0.2, -0.15) is 0 Å². The van der Waals surface area contributed by atoms with Gasteiger partial charge in [0, 0.05) is 49.7 Å². The van der Waals surface area contributed by atoms with Crippen LogP contribution in [0.4, 0.5) is 27.8 Å². The van der Waals surface area contributed by atoms with E-state index in [0.717, 1.165) is 17.3 Å². The Bertz CT molecular complexity index is 1140. The molecule has 34 heavy (non-hydrogen) atoms. The van der Waals surface area contributed by atoms with Crippen LogP contribution in [0.2, 0.25) is 0 Å². The van der Waals surface area contributed by atoms with E-state index < -0.39 is 0 Å². The number of anilines is 4. The Balaban J connectivity index is 1.37. The number of aromatic nitrogens is 2. The van der Waals surface area contributed by atoms with Crippen LogP contribution in [0.15, 0.2) is 48.5 Å². The van der Waals surface area contributed by atoms with Crippen LogP contribution < -0.4 is 25.0 Å². The summed E-state index contributed by atoms with van der Waals surface area (Å²) in [4.78, 5) is 25.9. The minimum absolute atomic E-state index is 0.146. The Labute approximate surface area is 199 Å². The van der Waals surface area contributed by atoms with E-state index in [1.54, 1.807) is 37.3 Å². The number of ether oxygens (including phenoxy) is 2. The highest BCUT2D eigenvalue weighted by Crippen LogP contribution is 2.30. The number of carbonyl (C=O) groups excluding carboxylic acids is 1. The highest BCUT2D eigenvalue weighted by Gasteiger charge is 2.23. The molecule has 1 aromatic heterocycles. The molecular weight excluding hydrogens is 432 g/mol. The largest absolute Gasteiger partial charge is 0.493 e. The maximum atomic E-state index is 12.8. The fraction of sp³-hybridized carbons (Fsp3) is 0.320. The molecule has 1 fully saturated rings. The number of hydrogen-bond acceptors (Lipinski definition) is 7. The van der Waals surface area contributed by atoms with E-state index in [9.17, 15) is 4.79 Å². The number of urea groups is 1. The first kappa shape index (κ1) is 23.2. The van der Waals surface area contributed by atoms with Crippen molar-refractivity contribution in [1.82, 2.24) is 14.9 Å². The molecule has 9 nitrogen and oxygen atoms in total. The quantitative estimate of drug-likeness (QED) is 0.567. The highest BCUT2D eigenvalue weighted by atomic mass is 16.5. The summed E-state index contributed by atoms with van der Waals surface area (Å²) < 4.78 is 10.6. The lowest BCUT2D eigenvalue weighted by atomic mass is 10.2. The molecule has 2 heterocycles. The normalized spacial score (nSPS) is 13.4. The molecule has 1 aliphatic heterocycles. The molecule has 0 radical (unpaired) electrons. The first-order chi connectivity index (χ1) is 16.4. The predicted octanol–water partition coefficient (Wildman–Crippen LogP) is 4.21. The van der Waals surface area contributed by atoms with E-state index in [4.69, 9.17) is 9.47 Å². The van der Waals surface area contributed by atoms with Gasteiger partial charge in [-0.15, -0.1) is 0 Å². The summed E-state index contributed by atoms with van der Waals surface area (Å²) >= 11 is 0. The van der Waals surface area contributed by atoms with Crippen LogP contribution in [0.5, 0.6) is 11.5 Å². The molecule has 2 amide bonds. The summed E-state index contributed by atoms with van der Waals surface area (Å²) in [6, 6.07) is 15.3. The molecule has 1 saturated heterocycles. The van der Waals surface area contributed by atoms with Gasteiger partial charge >= 0.3 is 6.03 Å². The number of methoxy groups -OCH3 is 2. The molecular formula is C25H30N6O3. The Kier molecular flexibility index (Phi) is 7.01. The minimum atomic E-state index is -0.146. The van der Waals surface area contributed by atoms with Gasteiger partial charge in [-0.25, -0.2) is 14.8 Å². The number of piperazine rings is 1. The maximum absolute atomic E-state index is 12.8. The Morgan fingerprint density at radius 2 is 1.53 bits per heavy atom. The van der Waals surface area contributed by atoms with Crippen molar-refractivity contribution in [1.29, 1.82) is 0 Å². The number of benzene rings is 2. The van der Waals surface area contributed by atoms with Crippen molar-refractivity contribution in [3.05, 3.63) is 59.9 Å². The molecule has 3 aromatic rings. The van der Waals surface area contributed by atoms with Crippen molar-refractivity contribution >= 4 is 29.0 Å². The van der Waals surface area contributed by atoms with Gasteiger partial charge in [0.05, 0.1) is 14.2 Å². The second kappa shape index (κ2) is 10.3. The Hall–Kier alpha value is -4.01. The van der Waals surface area contributed by atoms with Gasteiger partial charge in [0.15, 0.2) is 11.5 Å². The van der Waals surface area contributed by atoms with Crippen molar-refractivity contribution in [3.8, 4) is 11.5 Å². The van der Waals surface area contributed by atoms with E-state index >= 15 is 0 Å². The summed E-state index contributed by atoms with van der Waals surface area (Å²) in [7, 11) is 3.15. The van der Waals surface area contributed by atoms with Gasteiger partial charge in [-0.1, -0.05) is 17.7 Å². The molecule has 0 spiro atoms. The van der Waals surface area contributed by atoms with Gasteiger partial charge in [0.2, 0.25) is 0 Å². The lowest BCUT2D eigenvalue weighted by Crippen LogP contribution is -2.50. The van der Waals surface area contributed by atoms with E-state index in [0.29, 0.717) is 49.2 Å². The Morgan fingerprint density at radius 3 is 2.21 bits per heavy atom. The lowest BCUT2D eigenvalue weighted by Gasteiger charge is -2.35. The predicted molar refractivity (Wildman–Crippen MR) is 134 cm³/mol. The summed E-state index contributed by atoms with van der Waals surface area (Å²) in [5, 5.41) is 6.29. The van der Waals surface area contributed by atoms with Gasteiger partial charge in [0.25, 0.3) is 0 Å². The molecule has 0 aliphatic carbocycles. The van der Waals surface area contributed by atoms with Gasteiger partial charge in [0.1, 0.15) is 17.5 Å². The number of amides is 2. The topological polar surface area (TPSA) is 91.9 Å². The average Bonchev–Trinajstić information content (AvgIpc) is 2.85. The minimum Gasteiger partial charge on any atom is -0.493 e. The molecule has 0 saturated carbocycles. The van der Waals surface area contributed by atoms with Crippen LogP contribution in [0.25, 0.3) is 0 Å². The van der Waals surface area contributed by atoms with Crippen molar-refractivity contribution in [2.75, 3.05) is 55.9 Å². The SMILES string of the molecule is COc1ccc(NC(=O)N2CCN(c3cc(Nc4ccc(C)cc4)nc(C)n3)CC2)cc1OC. The van der Waals surface area contributed by atoms with Crippen molar-refractivity contribution in [3.63, 3.8) is 0 Å². The maximum Gasteiger partial charge on any atom is 0.321 e. The standard InChI is InChI=1S/C25H30N6O3/c1-17-5-7-19(8-6-17)28-23-16-24(27-18(2)26-23)30-11-13-31(14-12-30)25(32)29-20-9-10-21(33-3)22(15-20)34-4/h5-10,15-16H,11-14H2,1-4H3,(H,29,32)(H,26,27,28). The van der Waals surface area contributed by atoms with Crippen molar-refractivity contribution in [2.24, 2.45) is 0 Å². The number of rotatable bonds is 6. The van der Waals surface area contributed by atoms with Gasteiger partial charge < -0.3 is 29.9 Å². The second-order valence-electron chi connectivity index (χ2n) is 8.12. The first-order valence-electron chi connectivity index (χ1n) is 11.2. The van der Waals surface area contributed by atoms with E-state index in [1.165, 1.54) is 5.56 Å². The van der Waals surface area contributed by atoms with Gasteiger partial charge in [-0.05, 0) is 38.1 Å². The smallest absolute Gasteiger partial charge is 0.321 e. The average molecular weight is 463 g/mol. The third-order valence-electron chi connectivity index (χ3n) is 5.67. The Morgan fingerprint density at radius 1 is 0.853 bits per heavy atom. The van der Waals surface area contributed by atoms with Crippen LogP contribution in [0.1, 0.15) is 11.4 Å². The number of nitrogens with zero attached hydrogens (tertiary/aromatic N) is 4. The van der Waals surface area contributed by atoms with Crippen LogP contribution in [0, 0.1) is 13.8 Å². The zero-order valence-corrected chi connectivity index (χ0v) is 20.0. The number of hydrogen-bond donors (Lipinski definition) is 2. The monoisotopic (exact) mass is 462 g/mol. The fourth-order valence-corrected chi connectivity index (χ4v) is 3.82. The number of nitrogens with one attached hydrogen (secondary N) is 2. The third kappa shape index (κ3) is 5.48. The summed E-state index contributed by atoms with van der Waals surface area (Å²) in [6.07, 6.45) is 0. The number of carbonyl (C=O) groups is 1. The molecule has 178 valence electrons. The molecule has 2 aromatic carbocycles. The van der Waals surface area contributed by atoms with Crippen LogP contribution in [-0.2, 0) is 0 Å². The van der Waals surface area contributed by atoms with E-state index in [1.807, 2.05) is 25.1 Å². The molecule has 2 N–H and O–H groups in total. The summed E-state index contributed by atoms with van der Waals surface area (Å²) in [5.74, 6) is 3.48. The molecule has 0 bridgehead atoms. The zero-order chi connectivity index (χ0) is 24.1. The summed E-state index contributed by atoms with van der Waals surface area (Å²) in [5.41, 5.74) is 2.84. The van der Waals surface area contributed by atoms with Crippen molar-refractivity contribution in [2.45, 2.75) is 13.8 Å². The zero-order valence-electron chi connectivity index (χ0n) is 20.0. The molecule has 0 unspecified atom stereocenters. The van der Waals surface area contributed by atoms with E-state index in [-0.39, 0.29) is 6.03 Å². The van der Waals surface area contributed by atoms with Crippen LogP contribution >= 0.6 is 0 Å². The van der Waals surface area contributed by atoms with Crippen molar-refractivity contribution < 1.29 is 14.3 Å². The van der Waals surface area contributed by atoms with Gasteiger partial charge in [-0.3, -0.25) is 0 Å². The third-order valence-corrected chi connectivity index (χ3v) is 5.67. The van der Waals surface area contributed by atoms with Crippen LogP contribution in [0.3, 0.4) is 0 Å². The summed E-state index contributed by atoms with van der Waals surface area (Å²) in [6.45, 7) is 6.48.